The lowest BCUT2D eigenvalue weighted by molar-refractivity contribution is -0.138. The summed E-state index contributed by atoms with van der Waals surface area (Å²) >= 11 is 0. The number of carboxylic acid groups (broad SMARTS) is 1. The molecule has 1 heterocycles. The summed E-state index contributed by atoms with van der Waals surface area (Å²) in [6.07, 6.45) is 1.38. The van der Waals surface area contributed by atoms with E-state index in [0.29, 0.717) is 11.1 Å². The van der Waals surface area contributed by atoms with Gasteiger partial charge in [-0.25, -0.2) is 8.78 Å². The number of hydrogen-bond donors (Lipinski definition) is 3. The fourth-order valence-corrected chi connectivity index (χ4v) is 1.71. The lowest BCUT2D eigenvalue weighted by Gasteiger charge is -2.05. The van der Waals surface area contributed by atoms with Crippen LogP contribution in [0.4, 0.5) is 8.78 Å². The van der Waals surface area contributed by atoms with Gasteiger partial charge in [-0.1, -0.05) is 0 Å². The molecule has 0 saturated heterocycles. The molecule has 0 aliphatic heterocycles. The van der Waals surface area contributed by atoms with Crippen molar-refractivity contribution in [1.82, 2.24) is 4.98 Å². The highest BCUT2D eigenvalue weighted by Gasteiger charge is 2.18. The van der Waals surface area contributed by atoms with E-state index in [-0.39, 0.29) is 11.8 Å². The number of rotatable bonds is 3. The second kappa shape index (κ2) is 4.14. The average Bonchev–Trinajstić information content (AvgIpc) is 2.67. The van der Waals surface area contributed by atoms with Crippen molar-refractivity contribution in [2.75, 3.05) is 0 Å². The van der Waals surface area contributed by atoms with E-state index in [0.717, 1.165) is 6.07 Å². The topological polar surface area (TPSA) is 79.1 Å². The zero-order valence-electron chi connectivity index (χ0n) is 8.71. The van der Waals surface area contributed by atoms with Gasteiger partial charge in [0.2, 0.25) is 0 Å². The van der Waals surface area contributed by atoms with E-state index in [1.165, 1.54) is 12.3 Å². The van der Waals surface area contributed by atoms with Crippen molar-refractivity contribution in [2.24, 2.45) is 5.73 Å². The van der Waals surface area contributed by atoms with Crippen LogP contribution in [0.3, 0.4) is 0 Å². The van der Waals surface area contributed by atoms with Crippen LogP contribution in [0.15, 0.2) is 18.3 Å². The Labute approximate surface area is 95.0 Å². The smallest absolute Gasteiger partial charge is 0.320 e. The molecule has 0 unspecified atom stereocenters. The summed E-state index contributed by atoms with van der Waals surface area (Å²) in [6, 6.07) is 1.26. The molecule has 0 fully saturated rings. The van der Waals surface area contributed by atoms with Crippen LogP contribution >= 0.6 is 0 Å². The number of aromatic amines is 1. The van der Waals surface area contributed by atoms with Crippen LogP contribution in [-0.4, -0.2) is 22.1 Å². The molecule has 2 rings (SSSR count). The van der Waals surface area contributed by atoms with Gasteiger partial charge in [0.05, 0.1) is 0 Å². The third-order valence-electron chi connectivity index (χ3n) is 2.57. The number of fused-ring (bicyclic) bond motifs is 1. The Hall–Kier alpha value is -1.95. The highest BCUT2D eigenvalue weighted by molar-refractivity contribution is 5.85. The van der Waals surface area contributed by atoms with Crippen LogP contribution in [0.2, 0.25) is 0 Å². The summed E-state index contributed by atoms with van der Waals surface area (Å²) in [4.78, 5) is 13.4. The summed E-state index contributed by atoms with van der Waals surface area (Å²) in [5.74, 6) is -3.14. The van der Waals surface area contributed by atoms with Crippen LogP contribution in [0, 0.1) is 11.6 Å². The molecule has 0 aliphatic rings. The maximum atomic E-state index is 13.6. The second-order valence-corrected chi connectivity index (χ2v) is 3.75. The molecule has 1 aromatic carbocycles. The van der Waals surface area contributed by atoms with Crippen molar-refractivity contribution in [1.29, 1.82) is 0 Å². The third-order valence-corrected chi connectivity index (χ3v) is 2.57. The first-order valence-electron chi connectivity index (χ1n) is 4.93. The van der Waals surface area contributed by atoms with Gasteiger partial charge in [0.15, 0.2) is 11.6 Å². The summed E-state index contributed by atoms with van der Waals surface area (Å²) in [6.45, 7) is 0. The lowest BCUT2D eigenvalue weighted by atomic mass is 10.1. The number of carbonyl (C=O) groups is 1. The average molecular weight is 240 g/mol. The molecule has 0 amide bonds. The molecule has 0 aliphatic carbocycles. The number of hydrogen-bond acceptors (Lipinski definition) is 2. The quantitative estimate of drug-likeness (QED) is 0.758. The van der Waals surface area contributed by atoms with E-state index >= 15 is 0 Å². The van der Waals surface area contributed by atoms with Gasteiger partial charge in [0.1, 0.15) is 6.04 Å². The van der Waals surface area contributed by atoms with Crippen molar-refractivity contribution in [3.63, 3.8) is 0 Å². The zero-order chi connectivity index (χ0) is 12.6. The predicted molar refractivity (Wildman–Crippen MR) is 57.5 cm³/mol. The van der Waals surface area contributed by atoms with E-state index in [4.69, 9.17) is 10.8 Å². The molecule has 17 heavy (non-hydrogen) atoms. The number of nitrogens with one attached hydrogen (secondary N) is 1. The van der Waals surface area contributed by atoms with Crippen LogP contribution < -0.4 is 5.73 Å². The molecular weight excluding hydrogens is 230 g/mol. The normalized spacial score (nSPS) is 12.9. The highest BCUT2D eigenvalue weighted by atomic mass is 19.2. The number of halogens is 2. The Kier molecular flexibility index (Phi) is 2.81. The Balaban J connectivity index is 2.48. The van der Waals surface area contributed by atoms with Gasteiger partial charge in [-0.2, -0.15) is 0 Å². The maximum absolute atomic E-state index is 13.6. The molecular formula is C11H10F2N2O2. The summed E-state index contributed by atoms with van der Waals surface area (Å²) in [5.41, 5.74) is 6.12. The van der Waals surface area contributed by atoms with E-state index in [9.17, 15) is 13.6 Å². The molecule has 2 aromatic rings. The largest absolute Gasteiger partial charge is 0.480 e. The number of aliphatic carboxylic acids is 1. The molecule has 1 aromatic heterocycles. The summed E-state index contributed by atoms with van der Waals surface area (Å²) in [5, 5.41) is 8.73. The van der Waals surface area contributed by atoms with Gasteiger partial charge in [0, 0.05) is 23.5 Å². The Morgan fingerprint density at radius 1 is 1.47 bits per heavy atom. The SMILES string of the molecule is N[C@@H](Cc1c[nH]c2ccc(F)c(F)c12)C(=O)O. The Morgan fingerprint density at radius 2 is 2.18 bits per heavy atom. The highest BCUT2D eigenvalue weighted by Crippen LogP contribution is 2.24. The van der Waals surface area contributed by atoms with Crippen molar-refractivity contribution in [3.05, 3.63) is 35.5 Å². The number of benzene rings is 1. The minimum atomic E-state index is -1.18. The van der Waals surface area contributed by atoms with Crippen molar-refractivity contribution < 1.29 is 18.7 Å². The van der Waals surface area contributed by atoms with E-state index in [1.54, 1.807) is 0 Å². The fourth-order valence-electron chi connectivity index (χ4n) is 1.71. The van der Waals surface area contributed by atoms with Crippen molar-refractivity contribution in [3.8, 4) is 0 Å². The van der Waals surface area contributed by atoms with E-state index in [2.05, 4.69) is 4.98 Å². The van der Waals surface area contributed by atoms with Crippen molar-refractivity contribution in [2.45, 2.75) is 12.5 Å². The zero-order valence-corrected chi connectivity index (χ0v) is 8.71. The van der Waals surface area contributed by atoms with Gasteiger partial charge in [0.25, 0.3) is 0 Å². The second-order valence-electron chi connectivity index (χ2n) is 3.75. The monoisotopic (exact) mass is 240 g/mol. The number of carboxylic acids is 1. The van der Waals surface area contributed by atoms with Gasteiger partial charge < -0.3 is 15.8 Å². The van der Waals surface area contributed by atoms with Gasteiger partial charge in [-0.15, -0.1) is 0 Å². The number of nitrogens with two attached hydrogens (primary N) is 1. The molecule has 0 radical (unpaired) electrons. The Bertz CT molecular complexity index is 580. The molecule has 4 nitrogen and oxygen atoms in total. The molecule has 4 N–H and O–H groups in total. The molecule has 0 saturated carbocycles. The fraction of sp³-hybridized carbons (Fsp3) is 0.182. The lowest BCUT2D eigenvalue weighted by Crippen LogP contribution is -2.32. The van der Waals surface area contributed by atoms with E-state index in [1.807, 2.05) is 0 Å². The molecule has 90 valence electrons. The van der Waals surface area contributed by atoms with Crippen LogP contribution in [0.1, 0.15) is 5.56 Å². The summed E-state index contributed by atoms with van der Waals surface area (Å²) < 4.78 is 26.6. The Morgan fingerprint density at radius 3 is 2.82 bits per heavy atom. The van der Waals surface area contributed by atoms with E-state index < -0.39 is 23.6 Å². The van der Waals surface area contributed by atoms with Crippen molar-refractivity contribution >= 4 is 16.9 Å². The first-order valence-corrected chi connectivity index (χ1v) is 4.93. The molecule has 1 atom stereocenters. The standard InChI is InChI=1S/C11H10F2N2O2/c12-6-1-2-8-9(10(6)13)5(4-15-8)3-7(14)11(16)17/h1-2,4,7,15H,3,14H2,(H,16,17)/t7-/m0/s1. The van der Waals surface area contributed by atoms with Gasteiger partial charge >= 0.3 is 5.97 Å². The van der Waals surface area contributed by atoms with Gasteiger partial charge in [-0.05, 0) is 17.7 Å². The molecule has 0 bridgehead atoms. The first kappa shape index (κ1) is 11.5. The molecule has 0 spiro atoms. The first-order chi connectivity index (χ1) is 8.00. The van der Waals surface area contributed by atoms with Crippen LogP contribution in [-0.2, 0) is 11.2 Å². The summed E-state index contributed by atoms with van der Waals surface area (Å²) in [7, 11) is 0. The van der Waals surface area contributed by atoms with Gasteiger partial charge in [-0.3, -0.25) is 4.79 Å². The van der Waals surface area contributed by atoms with Crippen LogP contribution in [0.25, 0.3) is 10.9 Å². The third kappa shape index (κ3) is 1.99. The molecule has 6 heteroatoms. The number of H-pyrrole nitrogens is 1. The van der Waals surface area contributed by atoms with Crippen LogP contribution in [0.5, 0.6) is 0 Å². The predicted octanol–water partition coefficient (Wildman–Crippen LogP) is 1.40. The maximum Gasteiger partial charge on any atom is 0.320 e. The minimum Gasteiger partial charge on any atom is -0.480 e. The number of aromatic nitrogens is 1. The minimum absolute atomic E-state index is 0.0571.